The number of aromatic nitrogens is 3. The van der Waals surface area contributed by atoms with Gasteiger partial charge in [0.1, 0.15) is 12.7 Å². The molecule has 17 heavy (non-hydrogen) atoms. The summed E-state index contributed by atoms with van der Waals surface area (Å²) in [4.78, 5) is 18.6. The maximum absolute atomic E-state index is 11.4. The molecule has 0 aliphatic rings. The zero-order valence-corrected chi connectivity index (χ0v) is 9.60. The third-order valence-electron chi connectivity index (χ3n) is 2.14. The van der Waals surface area contributed by atoms with Gasteiger partial charge >= 0.3 is 7.60 Å². The van der Waals surface area contributed by atoms with E-state index in [0.717, 1.165) is 0 Å². The van der Waals surface area contributed by atoms with E-state index in [2.05, 4.69) is 15.6 Å². The fourth-order valence-corrected chi connectivity index (χ4v) is 2.23. The van der Waals surface area contributed by atoms with E-state index in [4.69, 9.17) is 0 Å². The molecule has 1 aromatic heterocycles. The predicted molar refractivity (Wildman–Crippen MR) is 60.6 cm³/mol. The molecule has 0 radical (unpaired) electrons. The molecule has 0 bridgehead atoms. The molecule has 0 amide bonds. The molecular weight excluding hydrogens is 243 g/mol. The summed E-state index contributed by atoms with van der Waals surface area (Å²) in [5.74, 6) is -1.13. The van der Waals surface area contributed by atoms with Gasteiger partial charge in [-0.3, -0.25) is 4.57 Å². The van der Waals surface area contributed by atoms with E-state index in [-0.39, 0.29) is 0 Å². The van der Waals surface area contributed by atoms with Crippen molar-refractivity contribution in [3.63, 3.8) is 0 Å². The van der Waals surface area contributed by atoms with Crippen molar-refractivity contribution in [3.05, 3.63) is 48.5 Å². The molecule has 1 aromatic carbocycles. The molecule has 0 fully saturated rings. The maximum Gasteiger partial charge on any atom is 0.353 e. The summed E-state index contributed by atoms with van der Waals surface area (Å²) in [5.41, 5.74) is 3.14. The van der Waals surface area contributed by atoms with Crippen molar-refractivity contribution in [2.75, 3.05) is 5.43 Å². The largest absolute Gasteiger partial charge is 0.353 e. The molecule has 0 saturated carbocycles. The van der Waals surface area contributed by atoms with Crippen molar-refractivity contribution in [3.8, 4) is 0 Å². The summed E-state index contributed by atoms with van der Waals surface area (Å²) in [7, 11) is -4.33. The van der Waals surface area contributed by atoms with Gasteiger partial charge in [0, 0.05) is 0 Å². The molecule has 0 aliphatic heterocycles. The summed E-state index contributed by atoms with van der Waals surface area (Å²) in [6.07, 6.45) is 2.65. The van der Waals surface area contributed by atoms with Gasteiger partial charge in [-0.25, -0.2) is 4.68 Å². The highest BCUT2D eigenvalue weighted by Gasteiger charge is 2.30. The Balaban J connectivity index is 2.30. The molecular formula is C9H11N4O3P. The Morgan fingerprint density at radius 2 is 1.76 bits per heavy atom. The highest BCUT2D eigenvalue weighted by molar-refractivity contribution is 7.52. The average molecular weight is 254 g/mol. The van der Waals surface area contributed by atoms with Crippen LogP contribution in [-0.2, 0) is 4.57 Å². The topological polar surface area (TPSA) is 100 Å². The highest BCUT2D eigenvalue weighted by Crippen LogP contribution is 2.50. The fraction of sp³-hybridized carbons (Fsp3) is 0.111. The van der Waals surface area contributed by atoms with Crippen LogP contribution in [0.5, 0.6) is 0 Å². The monoisotopic (exact) mass is 254 g/mol. The van der Waals surface area contributed by atoms with Crippen molar-refractivity contribution in [2.24, 2.45) is 0 Å². The minimum Gasteiger partial charge on any atom is -0.323 e. The average Bonchev–Trinajstić information content (AvgIpc) is 2.78. The van der Waals surface area contributed by atoms with Crippen LogP contribution in [0, 0.1) is 0 Å². The molecule has 3 N–H and O–H groups in total. The third-order valence-corrected chi connectivity index (χ3v) is 3.23. The molecule has 90 valence electrons. The summed E-state index contributed by atoms with van der Waals surface area (Å²) in [6, 6.07) is 8.49. The van der Waals surface area contributed by atoms with Gasteiger partial charge < -0.3 is 15.2 Å². The number of nitrogens with zero attached hydrogens (tertiary/aromatic N) is 3. The first-order valence-electron chi connectivity index (χ1n) is 4.79. The zero-order valence-electron chi connectivity index (χ0n) is 8.71. The Hall–Kier alpha value is -1.69. The number of hydrogen-bond donors (Lipinski definition) is 3. The van der Waals surface area contributed by atoms with Crippen molar-refractivity contribution in [1.82, 2.24) is 14.9 Å². The van der Waals surface area contributed by atoms with Gasteiger partial charge in [0.05, 0.1) is 0 Å². The van der Waals surface area contributed by atoms with Crippen LogP contribution >= 0.6 is 7.60 Å². The van der Waals surface area contributed by atoms with Gasteiger partial charge in [-0.15, -0.1) is 10.2 Å². The molecule has 1 unspecified atom stereocenters. The van der Waals surface area contributed by atoms with Crippen LogP contribution in [0.25, 0.3) is 0 Å². The number of nitrogens with one attached hydrogen (secondary N) is 1. The fourth-order valence-electron chi connectivity index (χ4n) is 1.39. The number of rotatable bonds is 4. The molecule has 2 rings (SSSR count). The zero-order chi connectivity index (χ0) is 12.3. The van der Waals surface area contributed by atoms with Crippen LogP contribution in [0.2, 0.25) is 0 Å². The molecule has 0 spiro atoms. The van der Waals surface area contributed by atoms with E-state index in [9.17, 15) is 14.4 Å². The number of hydrogen-bond acceptors (Lipinski definition) is 4. The van der Waals surface area contributed by atoms with Crippen LogP contribution in [-0.4, -0.2) is 24.7 Å². The summed E-state index contributed by atoms with van der Waals surface area (Å²) in [5, 5.41) is 7.10. The van der Waals surface area contributed by atoms with E-state index in [1.807, 2.05) is 0 Å². The first-order chi connectivity index (χ1) is 8.07. The second-order valence-electron chi connectivity index (χ2n) is 3.40. The molecule has 0 aliphatic carbocycles. The van der Waals surface area contributed by atoms with Crippen molar-refractivity contribution < 1.29 is 14.4 Å². The lowest BCUT2D eigenvalue weighted by Crippen LogP contribution is -2.20. The van der Waals surface area contributed by atoms with Gasteiger partial charge in [0.25, 0.3) is 0 Å². The normalized spacial score (nSPS) is 13.3. The van der Waals surface area contributed by atoms with Gasteiger partial charge in [-0.2, -0.15) is 0 Å². The van der Waals surface area contributed by atoms with Crippen LogP contribution in [0.3, 0.4) is 0 Å². The summed E-state index contributed by atoms with van der Waals surface area (Å²) < 4.78 is 12.7. The predicted octanol–water partition coefficient (Wildman–Crippen LogP) is 0.698. The second-order valence-corrected chi connectivity index (χ2v) is 5.10. The van der Waals surface area contributed by atoms with Gasteiger partial charge in [0.2, 0.25) is 0 Å². The smallest absolute Gasteiger partial charge is 0.323 e. The summed E-state index contributed by atoms with van der Waals surface area (Å²) in [6.45, 7) is 0. The Kier molecular flexibility index (Phi) is 3.23. The van der Waals surface area contributed by atoms with Crippen molar-refractivity contribution in [1.29, 1.82) is 0 Å². The van der Waals surface area contributed by atoms with E-state index in [1.54, 1.807) is 30.3 Å². The second kappa shape index (κ2) is 4.67. The number of benzene rings is 1. The van der Waals surface area contributed by atoms with Gasteiger partial charge in [0.15, 0.2) is 5.78 Å². The Bertz CT molecular complexity index is 510. The van der Waals surface area contributed by atoms with Crippen molar-refractivity contribution >= 4 is 7.60 Å². The lowest BCUT2D eigenvalue weighted by molar-refractivity contribution is 0.360. The van der Waals surface area contributed by atoms with Crippen LogP contribution in [0.1, 0.15) is 11.3 Å². The SMILES string of the molecule is O=P(O)(O)C(Nn1cnnc1)c1ccccc1. The molecule has 1 atom stereocenters. The Morgan fingerprint density at radius 3 is 2.29 bits per heavy atom. The molecule has 7 nitrogen and oxygen atoms in total. The molecule has 0 saturated heterocycles. The van der Waals surface area contributed by atoms with Crippen LogP contribution in [0.4, 0.5) is 0 Å². The van der Waals surface area contributed by atoms with Crippen LogP contribution < -0.4 is 5.43 Å². The minimum absolute atomic E-state index is 0.495. The molecule has 2 aromatic rings. The Labute approximate surface area is 97.3 Å². The first-order valence-corrected chi connectivity index (χ1v) is 6.47. The van der Waals surface area contributed by atoms with E-state index >= 15 is 0 Å². The molecule has 8 heteroatoms. The van der Waals surface area contributed by atoms with Crippen molar-refractivity contribution in [2.45, 2.75) is 5.78 Å². The van der Waals surface area contributed by atoms with Crippen LogP contribution in [0.15, 0.2) is 43.0 Å². The minimum atomic E-state index is -4.33. The quantitative estimate of drug-likeness (QED) is 0.694. The van der Waals surface area contributed by atoms with Gasteiger partial charge in [-0.1, -0.05) is 30.3 Å². The third kappa shape index (κ3) is 2.91. The van der Waals surface area contributed by atoms with Gasteiger partial charge in [-0.05, 0) is 5.56 Å². The van der Waals surface area contributed by atoms with E-state index in [0.29, 0.717) is 5.56 Å². The highest BCUT2D eigenvalue weighted by atomic mass is 31.2. The first kappa shape index (κ1) is 11.8. The maximum atomic E-state index is 11.4. The Morgan fingerprint density at radius 1 is 1.18 bits per heavy atom. The summed E-state index contributed by atoms with van der Waals surface area (Å²) >= 11 is 0. The van der Waals surface area contributed by atoms with E-state index in [1.165, 1.54) is 17.3 Å². The molecule has 1 heterocycles. The standard InChI is InChI=1S/C9H11N4O3P/c14-17(15,16)9(8-4-2-1-3-5-8)12-13-6-10-11-7-13/h1-7,9,12H,(H2,14,15,16). The van der Waals surface area contributed by atoms with E-state index < -0.39 is 13.4 Å². The lowest BCUT2D eigenvalue weighted by atomic mass is 10.2. The lowest BCUT2D eigenvalue weighted by Gasteiger charge is -2.21.